The quantitative estimate of drug-likeness (QED) is 0.482. The Labute approximate surface area is 87.2 Å². The van der Waals surface area contributed by atoms with E-state index in [2.05, 4.69) is 11.9 Å². The molecule has 3 heteroatoms. The number of hydrogen-bond donors (Lipinski definition) is 2. The monoisotopic (exact) mass is 201 g/mol. The van der Waals surface area contributed by atoms with Crippen molar-refractivity contribution < 1.29 is 9.84 Å². The lowest BCUT2D eigenvalue weighted by atomic mass is 10.0. The van der Waals surface area contributed by atoms with Crippen molar-refractivity contribution in [3.63, 3.8) is 0 Å². The maximum absolute atomic E-state index is 9.61. The molecule has 0 aliphatic rings. The van der Waals surface area contributed by atoms with Gasteiger partial charge in [0.15, 0.2) is 0 Å². The van der Waals surface area contributed by atoms with Gasteiger partial charge in [0.2, 0.25) is 0 Å². The fraction of sp³-hybridized carbons (Fsp3) is 0.818. The lowest BCUT2D eigenvalue weighted by molar-refractivity contribution is 0.0407. The van der Waals surface area contributed by atoms with E-state index in [1.54, 1.807) is 13.8 Å². The summed E-state index contributed by atoms with van der Waals surface area (Å²) < 4.78 is 5.31. The first-order chi connectivity index (χ1) is 6.34. The lowest BCUT2D eigenvalue weighted by Crippen LogP contribution is -2.45. The van der Waals surface area contributed by atoms with Crippen LogP contribution >= 0.6 is 0 Å². The smallest absolute Gasteiger partial charge is 0.0741 e. The summed E-state index contributed by atoms with van der Waals surface area (Å²) in [5.41, 5.74) is 0.342. The van der Waals surface area contributed by atoms with Crippen LogP contribution in [0.1, 0.15) is 27.7 Å². The van der Waals surface area contributed by atoms with Gasteiger partial charge >= 0.3 is 0 Å². The number of nitrogens with one attached hydrogen (secondary N) is 1. The fourth-order valence-electron chi connectivity index (χ4n) is 0.844. The Balaban J connectivity index is 3.41. The molecule has 0 aromatic heterocycles. The average molecular weight is 201 g/mol. The molecule has 0 fully saturated rings. The van der Waals surface area contributed by atoms with Gasteiger partial charge in [-0.25, -0.2) is 0 Å². The molecule has 3 nitrogen and oxygen atoms in total. The van der Waals surface area contributed by atoms with Crippen LogP contribution in [0.5, 0.6) is 0 Å². The molecule has 84 valence electrons. The molecule has 1 atom stereocenters. The highest BCUT2D eigenvalue weighted by molar-refractivity contribution is 4.87. The molecule has 0 bridgehead atoms. The van der Waals surface area contributed by atoms with Crippen LogP contribution in [0.2, 0.25) is 0 Å². The highest BCUT2D eigenvalue weighted by atomic mass is 16.5. The third-order valence-corrected chi connectivity index (χ3v) is 2.11. The van der Waals surface area contributed by atoms with Gasteiger partial charge < -0.3 is 15.2 Å². The molecule has 14 heavy (non-hydrogen) atoms. The molecule has 0 radical (unpaired) electrons. The molecule has 0 saturated carbocycles. The van der Waals surface area contributed by atoms with Crippen LogP contribution in [0, 0.1) is 0 Å². The Hall–Kier alpha value is -0.380. The number of rotatable bonds is 7. The third kappa shape index (κ3) is 7.06. The largest absolute Gasteiger partial charge is 0.389 e. The lowest BCUT2D eigenvalue weighted by Gasteiger charge is -2.26. The van der Waals surface area contributed by atoms with Crippen molar-refractivity contribution in [2.24, 2.45) is 0 Å². The van der Waals surface area contributed by atoms with Gasteiger partial charge in [0.05, 0.1) is 18.8 Å². The maximum Gasteiger partial charge on any atom is 0.0741 e. The van der Waals surface area contributed by atoms with Gasteiger partial charge in [-0.2, -0.15) is 0 Å². The van der Waals surface area contributed by atoms with E-state index in [0.717, 1.165) is 12.1 Å². The van der Waals surface area contributed by atoms with E-state index in [4.69, 9.17) is 4.74 Å². The standard InChI is InChI=1S/C11H23NO2/c1-9(2)8-14-7-6-12-10(3)11(4,5)13/h10,12-13H,1,6-8H2,2-5H3. The first-order valence-electron chi connectivity index (χ1n) is 5.02. The van der Waals surface area contributed by atoms with Crippen LogP contribution in [0.4, 0.5) is 0 Å². The zero-order chi connectivity index (χ0) is 11.2. The van der Waals surface area contributed by atoms with Crippen molar-refractivity contribution in [3.05, 3.63) is 12.2 Å². The Kier molecular flexibility index (Phi) is 6.00. The Morgan fingerprint density at radius 3 is 2.57 bits per heavy atom. The van der Waals surface area contributed by atoms with E-state index in [0.29, 0.717) is 13.2 Å². The van der Waals surface area contributed by atoms with Gasteiger partial charge in [0, 0.05) is 12.6 Å². The minimum atomic E-state index is -0.686. The maximum atomic E-state index is 9.61. The number of ether oxygens (including phenoxy) is 1. The summed E-state index contributed by atoms with van der Waals surface area (Å²) in [6, 6.07) is 0.0657. The predicted molar refractivity (Wildman–Crippen MR) is 59.4 cm³/mol. The topological polar surface area (TPSA) is 41.5 Å². The van der Waals surface area contributed by atoms with E-state index in [-0.39, 0.29) is 6.04 Å². The third-order valence-electron chi connectivity index (χ3n) is 2.11. The Morgan fingerprint density at radius 1 is 1.57 bits per heavy atom. The van der Waals surface area contributed by atoms with Gasteiger partial charge in [0.1, 0.15) is 0 Å². The van der Waals surface area contributed by atoms with Gasteiger partial charge in [0.25, 0.3) is 0 Å². The average Bonchev–Trinajstić information content (AvgIpc) is 2.01. The zero-order valence-corrected chi connectivity index (χ0v) is 9.76. The molecule has 0 spiro atoms. The fourth-order valence-corrected chi connectivity index (χ4v) is 0.844. The van der Waals surface area contributed by atoms with Crippen molar-refractivity contribution in [1.82, 2.24) is 5.32 Å². The normalized spacial score (nSPS) is 14.1. The molecule has 0 saturated heterocycles. The van der Waals surface area contributed by atoms with E-state index in [1.165, 1.54) is 0 Å². The summed E-state index contributed by atoms with van der Waals surface area (Å²) in [5, 5.41) is 12.8. The molecular formula is C11H23NO2. The van der Waals surface area contributed by atoms with Crippen molar-refractivity contribution in [1.29, 1.82) is 0 Å². The minimum Gasteiger partial charge on any atom is -0.389 e. The van der Waals surface area contributed by atoms with Crippen molar-refractivity contribution in [2.75, 3.05) is 19.8 Å². The van der Waals surface area contributed by atoms with Crippen LogP contribution in [0.25, 0.3) is 0 Å². The summed E-state index contributed by atoms with van der Waals surface area (Å²) in [6.45, 7) is 13.2. The van der Waals surface area contributed by atoms with Crippen molar-refractivity contribution in [3.8, 4) is 0 Å². The highest BCUT2D eigenvalue weighted by Gasteiger charge is 2.20. The van der Waals surface area contributed by atoms with Crippen molar-refractivity contribution >= 4 is 0 Å². The Morgan fingerprint density at radius 2 is 2.14 bits per heavy atom. The van der Waals surface area contributed by atoms with Crippen LogP contribution in [-0.4, -0.2) is 36.5 Å². The SMILES string of the molecule is C=C(C)COCCNC(C)C(C)(C)O. The van der Waals surface area contributed by atoms with E-state index in [1.807, 2.05) is 13.8 Å². The molecule has 0 heterocycles. The summed E-state index contributed by atoms with van der Waals surface area (Å²) in [4.78, 5) is 0. The summed E-state index contributed by atoms with van der Waals surface area (Å²) in [7, 11) is 0. The van der Waals surface area contributed by atoms with Crippen LogP contribution < -0.4 is 5.32 Å². The second-order valence-electron chi connectivity index (χ2n) is 4.34. The molecule has 0 aromatic rings. The second kappa shape index (κ2) is 6.17. The van der Waals surface area contributed by atoms with Gasteiger partial charge in [-0.15, -0.1) is 0 Å². The number of aliphatic hydroxyl groups is 1. The predicted octanol–water partition coefficient (Wildman–Crippen LogP) is 1.33. The molecule has 0 amide bonds. The summed E-state index contributed by atoms with van der Waals surface area (Å²) in [5.74, 6) is 0. The first-order valence-corrected chi connectivity index (χ1v) is 5.02. The van der Waals surface area contributed by atoms with E-state index >= 15 is 0 Å². The van der Waals surface area contributed by atoms with E-state index < -0.39 is 5.60 Å². The van der Waals surface area contributed by atoms with E-state index in [9.17, 15) is 5.11 Å². The molecular weight excluding hydrogens is 178 g/mol. The van der Waals surface area contributed by atoms with Crippen molar-refractivity contribution in [2.45, 2.75) is 39.3 Å². The summed E-state index contributed by atoms with van der Waals surface area (Å²) >= 11 is 0. The highest BCUT2D eigenvalue weighted by Crippen LogP contribution is 2.06. The molecule has 0 rings (SSSR count). The molecule has 0 aliphatic heterocycles. The van der Waals surface area contributed by atoms with Gasteiger partial charge in [-0.3, -0.25) is 0 Å². The molecule has 0 aromatic carbocycles. The molecule has 0 aliphatic carbocycles. The van der Waals surface area contributed by atoms with Crippen LogP contribution in [0.3, 0.4) is 0 Å². The summed E-state index contributed by atoms with van der Waals surface area (Å²) in [6.07, 6.45) is 0. The molecule has 2 N–H and O–H groups in total. The van der Waals surface area contributed by atoms with Crippen LogP contribution in [-0.2, 0) is 4.74 Å². The molecule has 1 unspecified atom stereocenters. The zero-order valence-electron chi connectivity index (χ0n) is 9.76. The van der Waals surface area contributed by atoms with Gasteiger partial charge in [-0.05, 0) is 27.7 Å². The number of hydrogen-bond acceptors (Lipinski definition) is 3. The first kappa shape index (κ1) is 13.6. The van der Waals surface area contributed by atoms with Crippen LogP contribution in [0.15, 0.2) is 12.2 Å². The second-order valence-corrected chi connectivity index (χ2v) is 4.34. The minimum absolute atomic E-state index is 0.0657. The van der Waals surface area contributed by atoms with Gasteiger partial charge in [-0.1, -0.05) is 12.2 Å². The Bertz CT molecular complexity index is 173.